The Morgan fingerprint density at radius 3 is 2.40 bits per heavy atom. The van der Waals surface area contributed by atoms with E-state index in [1.54, 1.807) is 11.3 Å². The van der Waals surface area contributed by atoms with E-state index in [2.05, 4.69) is 56.4 Å². The highest BCUT2D eigenvalue weighted by Crippen LogP contribution is 2.37. The van der Waals surface area contributed by atoms with Crippen LogP contribution in [0.2, 0.25) is 0 Å². The van der Waals surface area contributed by atoms with E-state index in [-0.39, 0.29) is 5.41 Å². The van der Waals surface area contributed by atoms with Gasteiger partial charge in [-0.05, 0) is 12.5 Å². The van der Waals surface area contributed by atoms with E-state index in [0.717, 1.165) is 22.2 Å². The lowest BCUT2D eigenvalue weighted by molar-refractivity contribution is 0.576. The van der Waals surface area contributed by atoms with Gasteiger partial charge in [-0.15, -0.1) is 11.3 Å². The molecule has 4 heteroatoms. The van der Waals surface area contributed by atoms with Gasteiger partial charge >= 0.3 is 0 Å². The first-order valence-electron chi connectivity index (χ1n) is 6.73. The van der Waals surface area contributed by atoms with Crippen LogP contribution in [-0.4, -0.2) is 9.38 Å². The fourth-order valence-electron chi connectivity index (χ4n) is 2.52. The van der Waals surface area contributed by atoms with Crippen molar-refractivity contribution in [1.29, 1.82) is 0 Å². The van der Waals surface area contributed by atoms with Gasteiger partial charge in [-0.3, -0.25) is 4.40 Å². The van der Waals surface area contributed by atoms with Gasteiger partial charge < -0.3 is 5.73 Å². The van der Waals surface area contributed by atoms with Crippen LogP contribution in [0.15, 0.2) is 30.3 Å². The Balaban J connectivity index is 2.33. The average Bonchev–Trinajstić information content (AvgIpc) is 2.86. The van der Waals surface area contributed by atoms with Crippen LogP contribution in [0.4, 0.5) is 5.82 Å². The number of nitrogen functional groups attached to an aromatic ring is 1. The van der Waals surface area contributed by atoms with Gasteiger partial charge in [0.15, 0.2) is 4.96 Å². The lowest BCUT2D eigenvalue weighted by Crippen LogP contribution is -2.14. The second kappa shape index (κ2) is 4.35. The highest BCUT2D eigenvalue weighted by Gasteiger charge is 2.25. The molecule has 2 heterocycles. The maximum atomic E-state index is 6.38. The van der Waals surface area contributed by atoms with Crippen LogP contribution in [0.1, 0.15) is 31.3 Å². The van der Waals surface area contributed by atoms with E-state index in [4.69, 9.17) is 10.7 Å². The maximum absolute atomic E-state index is 6.38. The van der Waals surface area contributed by atoms with Gasteiger partial charge in [-0.2, -0.15) is 0 Å². The number of nitrogens with two attached hydrogens (primary N) is 1. The molecule has 3 nitrogen and oxygen atoms in total. The molecule has 0 aliphatic rings. The number of anilines is 1. The highest BCUT2D eigenvalue weighted by atomic mass is 32.1. The van der Waals surface area contributed by atoms with Crippen LogP contribution in [0, 0.1) is 6.92 Å². The third kappa shape index (κ3) is 1.91. The van der Waals surface area contributed by atoms with Gasteiger partial charge in [0.1, 0.15) is 5.82 Å². The summed E-state index contributed by atoms with van der Waals surface area (Å²) in [6.07, 6.45) is 0. The molecule has 0 spiro atoms. The third-order valence-corrected chi connectivity index (χ3v) is 4.40. The summed E-state index contributed by atoms with van der Waals surface area (Å²) >= 11 is 1.70. The summed E-state index contributed by atoms with van der Waals surface area (Å²) in [5.74, 6) is 0.760. The van der Waals surface area contributed by atoms with Crippen molar-refractivity contribution in [3.05, 3.63) is 40.9 Å². The Bertz CT molecular complexity index is 760. The Kier molecular flexibility index (Phi) is 2.87. The van der Waals surface area contributed by atoms with Crippen LogP contribution in [0.3, 0.4) is 0 Å². The van der Waals surface area contributed by atoms with E-state index >= 15 is 0 Å². The number of hydrogen-bond donors (Lipinski definition) is 1. The fraction of sp³-hybridized carbons (Fsp3) is 0.312. The number of aromatic nitrogens is 2. The van der Waals surface area contributed by atoms with Crippen molar-refractivity contribution in [1.82, 2.24) is 9.38 Å². The second-order valence-corrected chi connectivity index (χ2v) is 7.27. The summed E-state index contributed by atoms with van der Waals surface area (Å²) in [6, 6.07) is 10.4. The van der Waals surface area contributed by atoms with Gasteiger partial charge in [-0.1, -0.05) is 51.1 Å². The van der Waals surface area contributed by atoms with Gasteiger partial charge in [0.2, 0.25) is 0 Å². The van der Waals surface area contributed by atoms with Crippen LogP contribution >= 0.6 is 11.3 Å². The van der Waals surface area contributed by atoms with E-state index in [0.29, 0.717) is 0 Å². The van der Waals surface area contributed by atoms with Gasteiger partial charge in [0.05, 0.1) is 11.4 Å². The first-order chi connectivity index (χ1) is 9.39. The zero-order valence-electron chi connectivity index (χ0n) is 12.3. The zero-order chi connectivity index (χ0) is 14.5. The molecule has 0 aliphatic heterocycles. The molecule has 2 aromatic heterocycles. The minimum absolute atomic E-state index is 0.0440. The summed E-state index contributed by atoms with van der Waals surface area (Å²) in [7, 11) is 0. The molecule has 104 valence electrons. The van der Waals surface area contributed by atoms with Crippen molar-refractivity contribution in [2.45, 2.75) is 33.1 Å². The number of fused-ring (bicyclic) bond motifs is 1. The summed E-state index contributed by atoms with van der Waals surface area (Å²) < 4.78 is 2.09. The molecular formula is C16H19N3S. The van der Waals surface area contributed by atoms with Crippen molar-refractivity contribution in [3.63, 3.8) is 0 Å². The quantitative estimate of drug-likeness (QED) is 0.726. The van der Waals surface area contributed by atoms with Crippen molar-refractivity contribution in [3.8, 4) is 11.3 Å². The third-order valence-electron chi connectivity index (χ3n) is 3.44. The molecule has 0 fully saturated rings. The molecule has 0 aliphatic carbocycles. The van der Waals surface area contributed by atoms with Crippen LogP contribution in [0.25, 0.3) is 16.2 Å². The number of imidazole rings is 1. The van der Waals surface area contributed by atoms with E-state index < -0.39 is 0 Å². The number of nitrogens with zero attached hydrogens (tertiary/aromatic N) is 2. The molecule has 0 unspecified atom stereocenters. The number of hydrogen-bond acceptors (Lipinski definition) is 3. The molecule has 0 saturated heterocycles. The van der Waals surface area contributed by atoms with Crippen molar-refractivity contribution >= 4 is 22.1 Å². The lowest BCUT2D eigenvalue weighted by atomic mass is 9.92. The fourth-order valence-corrected chi connectivity index (χ4v) is 3.52. The number of benzene rings is 1. The molecule has 0 atom stereocenters. The molecule has 3 rings (SSSR count). The Morgan fingerprint density at radius 2 is 1.80 bits per heavy atom. The van der Waals surface area contributed by atoms with Gasteiger partial charge in [-0.25, -0.2) is 4.98 Å². The van der Waals surface area contributed by atoms with Crippen LogP contribution in [-0.2, 0) is 5.41 Å². The largest absolute Gasteiger partial charge is 0.383 e. The van der Waals surface area contributed by atoms with Crippen molar-refractivity contribution < 1.29 is 0 Å². The minimum atomic E-state index is -0.0440. The standard InChI is InChI=1S/C16H19N3S/c1-10-12(11-8-6-5-7-9-11)19-14(17)13(16(2,3)4)18-15(19)20-10/h5-9H,17H2,1-4H3. The number of thiazole rings is 1. The summed E-state index contributed by atoms with van der Waals surface area (Å²) in [6.45, 7) is 8.55. The predicted octanol–water partition coefficient (Wildman–Crippen LogP) is 4.25. The van der Waals surface area contributed by atoms with Crippen LogP contribution < -0.4 is 5.73 Å². The normalized spacial score (nSPS) is 12.2. The Hall–Kier alpha value is -1.81. The summed E-state index contributed by atoms with van der Waals surface area (Å²) in [5.41, 5.74) is 9.65. The molecule has 0 saturated carbocycles. The first kappa shape index (κ1) is 13.2. The SMILES string of the molecule is Cc1sc2nc(C(C)(C)C)c(N)n2c1-c1ccccc1. The molecule has 0 amide bonds. The summed E-state index contributed by atoms with van der Waals surface area (Å²) in [4.78, 5) is 6.96. The Morgan fingerprint density at radius 1 is 1.15 bits per heavy atom. The van der Waals surface area contributed by atoms with Crippen molar-refractivity contribution in [2.24, 2.45) is 0 Å². The molecule has 2 N–H and O–H groups in total. The smallest absolute Gasteiger partial charge is 0.196 e. The zero-order valence-corrected chi connectivity index (χ0v) is 13.1. The lowest BCUT2D eigenvalue weighted by Gasteiger charge is -2.16. The molecule has 20 heavy (non-hydrogen) atoms. The number of aryl methyl sites for hydroxylation is 1. The predicted molar refractivity (Wildman–Crippen MR) is 86.4 cm³/mol. The van der Waals surface area contributed by atoms with Crippen LogP contribution in [0.5, 0.6) is 0 Å². The topological polar surface area (TPSA) is 43.3 Å². The van der Waals surface area contributed by atoms with E-state index in [1.165, 1.54) is 10.4 Å². The minimum Gasteiger partial charge on any atom is -0.383 e. The molecule has 1 aromatic carbocycles. The van der Waals surface area contributed by atoms with Gasteiger partial charge in [0.25, 0.3) is 0 Å². The monoisotopic (exact) mass is 285 g/mol. The average molecular weight is 285 g/mol. The Labute approximate surface area is 123 Å². The molecule has 3 aromatic rings. The highest BCUT2D eigenvalue weighted by molar-refractivity contribution is 7.17. The second-order valence-electron chi connectivity index (χ2n) is 6.09. The van der Waals surface area contributed by atoms with E-state index in [1.807, 2.05) is 6.07 Å². The molecule has 0 bridgehead atoms. The first-order valence-corrected chi connectivity index (χ1v) is 7.54. The molecule has 0 radical (unpaired) electrons. The maximum Gasteiger partial charge on any atom is 0.196 e. The molecular weight excluding hydrogens is 266 g/mol. The number of rotatable bonds is 1. The van der Waals surface area contributed by atoms with Crippen molar-refractivity contribution in [2.75, 3.05) is 5.73 Å². The summed E-state index contributed by atoms with van der Waals surface area (Å²) in [5, 5.41) is 0. The van der Waals surface area contributed by atoms with Gasteiger partial charge in [0, 0.05) is 10.3 Å². The van der Waals surface area contributed by atoms with E-state index in [9.17, 15) is 0 Å².